The van der Waals surface area contributed by atoms with E-state index < -0.39 is 0 Å². The highest BCUT2D eigenvalue weighted by Crippen LogP contribution is 2.29. The second-order valence-electron chi connectivity index (χ2n) is 4.41. The van der Waals surface area contributed by atoms with Gasteiger partial charge in [0.05, 0.1) is 0 Å². The summed E-state index contributed by atoms with van der Waals surface area (Å²) < 4.78 is 1.71. The van der Waals surface area contributed by atoms with Gasteiger partial charge in [0, 0.05) is 18.9 Å². The van der Waals surface area contributed by atoms with E-state index in [-0.39, 0.29) is 11.1 Å². The van der Waals surface area contributed by atoms with Crippen molar-refractivity contribution in [1.82, 2.24) is 9.55 Å². The van der Waals surface area contributed by atoms with E-state index in [0.717, 1.165) is 24.2 Å². The molecule has 1 rings (SSSR count). The van der Waals surface area contributed by atoms with Crippen LogP contribution in [0.25, 0.3) is 0 Å². The third-order valence-corrected chi connectivity index (χ3v) is 4.00. The minimum atomic E-state index is -0.168. The second-order valence-corrected chi connectivity index (χ2v) is 4.72. The maximum Gasteiger partial charge on any atom is 0.347 e. The van der Waals surface area contributed by atoms with E-state index in [0.29, 0.717) is 6.54 Å². The number of aromatic nitrogens is 2. The van der Waals surface area contributed by atoms with Gasteiger partial charge in [-0.15, -0.1) is 0 Å². The first-order valence-electron chi connectivity index (χ1n) is 5.71. The van der Waals surface area contributed by atoms with Crippen molar-refractivity contribution in [3.05, 3.63) is 28.4 Å². The summed E-state index contributed by atoms with van der Waals surface area (Å²) in [6, 6.07) is 0. The molecular weight excluding hydrogens is 220 g/mol. The summed E-state index contributed by atoms with van der Waals surface area (Å²) in [5.74, 6) is 0.792. The van der Waals surface area contributed by atoms with Crippen molar-refractivity contribution < 1.29 is 0 Å². The molecular formula is C12H20N2OS. The smallest absolute Gasteiger partial charge is 0.298 e. The Morgan fingerprint density at radius 3 is 2.56 bits per heavy atom. The third kappa shape index (κ3) is 2.88. The molecule has 0 unspecified atom stereocenters. The average Bonchev–Trinajstić information content (AvgIpc) is 2.31. The Morgan fingerprint density at radius 2 is 2.06 bits per heavy atom. The molecule has 0 fully saturated rings. The molecule has 1 heterocycles. The molecule has 0 bridgehead atoms. The molecule has 0 radical (unpaired) electrons. The summed E-state index contributed by atoms with van der Waals surface area (Å²) in [7, 11) is 0. The van der Waals surface area contributed by atoms with Crippen LogP contribution in [0.4, 0.5) is 0 Å². The van der Waals surface area contributed by atoms with E-state index in [1.54, 1.807) is 10.8 Å². The molecule has 16 heavy (non-hydrogen) atoms. The van der Waals surface area contributed by atoms with Crippen LogP contribution in [0.3, 0.4) is 0 Å². The first-order valence-corrected chi connectivity index (χ1v) is 6.34. The first-order chi connectivity index (χ1) is 7.56. The number of aryl methyl sites for hydroxylation is 1. The fourth-order valence-corrected chi connectivity index (χ4v) is 2.33. The highest BCUT2D eigenvalue weighted by Gasteiger charge is 2.25. The summed E-state index contributed by atoms with van der Waals surface area (Å²) in [6.07, 6.45) is 5.53. The van der Waals surface area contributed by atoms with Crippen LogP contribution >= 0.6 is 12.6 Å². The fourth-order valence-electron chi connectivity index (χ4n) is 1.79. The molecule has 90 valence electrons. The van der Waals surface area contributed by atoms with Crippen LogP contribution < -0.4 is 5.69 Å². The van der Waals surface area contributed by atoms with Crippen LogP contribution in [0.5, 0.6) is 0 Å². The number of nitrogens with zero attached hydrogens (tertiary/aromatic N) is 2. The van der Waals surface area contributed by atoms with E-state index in [4.69, 9.17) is 0 Å². The number of thiol groups is 1. The lowest BCUT2D eigenvalue weighted by atomic mass is 9.84. The molecule has 0 saturated carbocycles. The standard InChI is InChI=1S/C12H20N2OS/c1-4-12(5-2,9-16)8-14-7-10(3)6-13-11(14)15/h6-7,16H,4-5,8-9H2,1-3H3. The number of rotatable bonds is 5. The maximum atomic E-state index is 11.6. The Hall–Kier alpha value is -0.770. The van der Waals surface area contributed by atoms with Crippen molar-refractivity contribution in [2.24, 2.45) is 5.41 Å². The van der Waals surface area contributed by atoms with Gasteiger partial charge in [-0.3, -0.25) is 4.57 Å². The van der Waals surface area contributed by atoms with Gasteiger partial charge in [-0.05, 0) is 36.5 Å². The topological polar surface area (TPSA) is 34.9 Å². The minimum absolute atomic E-state index is 0.0996. The fraction of sp³-hybridized carbons (Fsp3) is 0.667. The van der Waals surface area contributed by atoms with Crippen molar-refractivity contribution in [3.8, 4) is 0 Å². The number of hydrogen-bond donors (Lipinski definition) is 1. The zero-order valence-electron chi connectivity index (χ0n) is 10.2. The molecule has 1 aromatic rings. The third-order valence-electron chi connectivity index (χ3n) is 3.32. The van der Waals surface area contributed by atoms with Gasteiger partial charge < -0.3 is 0 Å². The van der Waals surface area contributed by atoms with Gasteiger partial charge in [0.2, 0.25) is 0 Å². The lowest BCUT2D eigenvalue weighted by molar-refractivity contribution is 0.253. The molecule has 0 aliphatic rings. The minimum Gasteiger partial charge on any atom is -0.298 e. The quantitative estimate of drug-likeness (QED) is 0.801. The predicted molar refractivity (Wildman–Crippen MR) is 70.1 cm³/mol. The molecule has 0 atom stereocenters. The van der Waals surface area contributed by atoms with Crippen LogP contribution in [-0.4, -0.2) is 15.3 Å². The molecule has 0 N–H and O–H groups in total. The van der Waals surface area contributed by atoms with Crippen molar-refractivity contribution >= 4 is 12.6 Å². The SMILES string of the molecule is CCC(CC)(CS)Cn1cc(C)cnc1=O. The second kappa shape index (κ2) is 5.53. The highest BCUT2D eigenvalue weighted by molar-refractivity contribution is 7.80. The largest absolute Gasteiger partial charge is 0.347 e. The van der Waals surface area contributed by atoms with Gasteiger partial charge in [-0.25, -0.2) is 9.78 Å². The maximum absolute atomic E-state index is 11.6. The van der Waals surface area contributed by atoms with Crippen molar-refractivity contribution in [2.75, 3.05) is 5.75 Å². The summed E-state index contributed by atoms with van der Waals surface area (Å²) in [4.78, 5) is 15.5. The lowest BCUT2D eigenvalue weighted by Gasteiger charge is -2.30. The zero-order valence-corrected chi connectivity index (χ0v) is 11.1. The van der Waals surface area contributed by atoms with Crippen LogP contribution in [0, 0.1) is 12.3 Å². The van der Waals surface area contributed by atoms with Gasteiger partial charge in [0.1, 0.15) is 0 Å². The van der Waals surface area contributed by atoms with E-state index in [1.165, 1.54) is 0 Å². The Labute approximate surface area is 102 Å². The Balaban J connectivity index is 3.02. The van der Waals surface area contributed by atoms with Crippen LogP contribution in [0.2, 0.25) is 0 Å². The molecule has 0 aliphatic heterocycles. The lowest BCUT2D eigenvalue weighted by Crippen LogP contribution is -2.34. The van der Waals surface area contributed by atoms with Crippen LogP contribution in [0.1, 0.15) is 32.3 Å². The number of hydrogen-bond acceptors (Lipinski definition) is 3. The van der Waals surface area contributed by atoms with E-state index in [1.807, 2.05) is 13.1 Å². The van der Waals surface area contributed by atoms with Gasteiger partial charge in [0.15, 0.2) is 0 Å². The van der Waals surface area contributed by atoms with Gasteiger partial charge in [-0.1, -0.05) is 13.8 Å². The monoisotopic (exact) mass is 240 g/mol. The molecule has 0 aliphatic carbocycles. The van der Waals surface area contributed by atoms with E-state index in [9.17, 15) is 4.79 Å². The summed E-state index contributed by atoms with van der Waals surface area (Å²) >= 11 is 4.42. The summed E-state index contributed by atoms with van der Waals surface area (Å²) in [5.41, 5.74) is 0.945. The Bertz CT molecular complexity index is 388. The normalized spacial score (nSPS) is 11.8. The van der Waals surface area contributed by atoms with Crippen molar-refractivity contribution in [1.29, 1.82) is 0 Å². The Kier molecular flexibility index (Phi) is 4.59. The summed E-state index contributed by atoms with van der Waals surface area (Å²) in [6.45, 7) is 6.95. The molecule has 0 spiro atoms. The first kappa shape index (κ1) is 13.3. The molecule has 0 aromatic carbocycles. The van der Waals surface area contributed by atoms with Crippen molar-refractivity contribution in [3.63, 3.8) is 0 Å². The average molecular weight is 240 g/mol. The zero-order chi connectivity index (χ0) is 12.2. The van der Waals surface area contributed by atoms with Gasteiger partial charge in [0.25, 0.3) is 0 Å². The molecule has 4 heteroatoms. The van der Waals surface area contributed by atoms with Crippen LogP contribution in [-0.2, 0) is 6.54 Å². The van der Waals surface area contributed by atoms with Gasteiger partial charge in [-0.2, -0.15) is 12.6 Å². The van der Waals surface area contributed by atoms with E-state index >= 15 is 0 Å². The van der Waals surface area contributed by atoms with E-state index in [2.05, 4.69) is 31.5 Å². The molecule has 0 amide bonds. The predicted octanol–water partition coefficient (Wildman–Crippen LogP) is 2.29. The summed E-state index contributed by atoms with van der Waals surface area (Å²) in [5, 5.41) is 0. The van der Waals surface area contributed by atoms with Crippen LogP contribution in [0.15, 0.2) is 17.2 Å². The molecule has 1 aromatic heterocycles. The molecule has 3 nitrogen and oxygen atoms in total. The Morgan fingerprint density at radius 1 is 1.44 bits per heavy atom. The van der Waals surface area contributed by atoms with Crippen molar-refractivity contribution in [2.45, 2.75) is 40.2 Å². The van der Waals surface area contributed by atoms with Gasteiger partial charge >= 0.3 is 5.69 Å². The molecule has 0 saturated heterocycles. The highest BCUT2D eigenvalue weighted by atomic mass is 32.1.